The Morgan fingerprint density at radius 3 is 2.06 bits per heavy atom. The third kappa shape index (κ3) is 5.58. The summed E-state index contributed by atoms with van der Waals surface area (Å²) in [7, 11) is 0. The number of aromatic nitrogens is 2. The fourth-order valence-corrected chi connectivity index (χ4v) is 2.94. The van der Waals surface area contributed by atoms with Crippen LogP contribution in [0, 0.1) is 17.5 Å². The fraction of sp³-hybridized carbons (Fsp3) is 0.333. The van der Waals surface area contributed by atoms with E-state index in [1.54, 1.807) is 6.92 Å². The molecule has 1 aromatic heterocycles. The zero-order valence-corrected chi connectivity index (χ0v) is 16.7. The second kappa shape index (κ2) is 10.0. The van der Waals surface area contributed by atoms with Crippen molar-refractivity contribution in [3.8, 4) is 0 Å². The Morgan fingerprint density at radius 1 is 0.903 bits per heavy atom. The van der Waals surface area contributed by atoms with Gasteiger partial charge in [0.15, 0.2) is 17.5 Å². The van der Waals surface area contributed by atoms with Crippen LogP contribution in [0.15, 0.2) is 12.1 Å². The molecule has 1 aromatic carbocycles. The van der Waals surface area contributed by atoms with Crippen LogP contribution in [-0.4, -0.2) is 22.0 Å². The zero-order chi connectivity index (χ0) is 23.3. The van der Waals surface area contributed by atoms with Gasteiger partial charge < -0.3 is 11.5 Å². The van der Waals surface area contributed by atoms with E-state index in [0.717, 1.165) is 6.07 Å². The number of aryl methyl sites for hydroxylation is 2. The number of carbonyl (C=O) groups is 2. The summed E-state index contributed by atoms with van der Waals surface area (Å²) in [5.74, 6) is 7.71. The molecule has 0 aliphatic carbocycles. The average Bonchev–Trinajstić information content (AvgIpc) is 2.72. The lowest BCUT2D eigenvalue weighted by molar-refractivity contribution is 0.253. The van der Waals surface area contributed by atoms with E-state index in [4.69, 9.17) is 23.2 Å². The van der Waals surface area contributed by atoms with Crippen LogP contribution in [0.5, 0.6) is 0 Å². The van der Waals surface area contributed by atoms with E-state index < -0.39 is 29.5 Å². The van der Waals surface area contributed by atoms with Crippen LogP contribution >= 0.6 is 0 Å². The molecule has 1 heterocycles. The van der Waals surface area contributed by atoms with Gasteiger partial charge in [-0.2, -0.15) is 9.99 Å². The van der Waals surface area contributed by atoms with E-state index >= 15 is 0 Å². The van der Waals surface area contributed by atoms with Crippen LogP contribution in [0.1, 0.15) is 36.6 Å². The lowest BCUT2D eigenvalue weighted by Crippen LogP contribution is -2.45. The Balaban J connectivity index is 2.27. The number of benzene rings is 1. The van der Waals surface area contributed by atoms with Crippen molar-refractivity contribution in [2.24, 2.45) is 23.2 Å². The Labute approximate surface area is 175 Å². The van der Waals surface area contributed by atoms with E-state index in [1.807, 2.05) is 0 Å². The molecular formula is C18H23F3N8O2. The topological polar surface area (TPSA) is 170 Å². The summed E-state index contributed by atoms with van der Waals surface area (Å²) in [6.07, 6.45) is 1.66. The fourth-order valence-electron chi connectivity index (χ4n) is 2.94. The van der Waals surface area contributed by atoms with Gasteiger partial charge in [0.05, 0.1) is 5.69 Å². The molecule has 0 radical (unpaired) electrons. The first kappa shape index (κ1) is 23.8. The number of nitrogens with zero attached hydrogens (tertiary/aromatic N) is 4. The van der Waals surface area contributed by atoms with Crippen molar-refractivity contribution in [1.82, 2.24) is 9.97 Å². The normalized spacial score (nSPS) is 10.8. The molecule has 0 saturated carbocycles. The highest BCUT2D eigenvalue weighted by Gasteiger charge is 2.23. The highest BCUT2D eigenvalue weighted by atomic mass is 19.2. The van der Waals surface area contributed by atoms with E-state index in [-0.39, 0.29) is 23.8 Å². The molecule has 0 saturated heterocycles. The van der Waals surface area contributed by atoms with Crippen LogP contribution in [0.2, 0.25) is 0 Å². The van der Waals surface area contributed by atoms with Gasteiger partial charge in [-0.05, 0) is 43.7 Å². The minimum atomic E-state index is -1.25. The number of halogens is 3. The molecule has 2 rings (SSSR count). The lowest BCUT2D eigenvalue weighted by atomic mass is 10.0. The Bertz CT molecular complexity index is 989. The SMILES string of the molecule is CCc1nc(N(N)C(N)=O)nc(N(N)C(N)=O)c1CCCCc1cc(F)c(F)cc1F. The number of urea groups is 2. The molecule has 0 aliphatic rings. The maximum atomic E-state index is 13.8. The first-order valence-electron chi connectivity index (χ1n) is 9.28. The van der Waals surface area contributed by atoms with Crippen molar-refractivity contribution in [3.05, 3.63) is 46.4 Å². The van der Waals surface area contributed by atoms with Crippen molar-refractivity contribution < 1.29 is 22.8 Å². The van der Waals surface area contributed by atoms with Crippen molar-refractivity contribution in [3.63, 3.8) is 0 Å². The summed E-state index contributed by atoms with van der Waals surface area (Å²) in [4.78, 5) is 31.2. The number of carbonyl (C=O) groups excluding carboxylic acids is 2. The van der Waals surface area contributed by atoms with Crippen molar-refractivity contribution in [2.75, 3.05) is 10.0 Å². The second-order valence-corrected chi connectivity index (χ2v) is 6.61. The van der Waals surface area contributed by atoms with Crippen LogP contribution in [-0.2, 0) is 19.3 Å². The number of anilines is 2. The molecular weight excluding hydrogens is 417 g/mol. The highest BCUT2D eigenvalue weighted by Crippen LogP contribution is 2.25. The number of hydrogen-bond donors (Lipinski definition) is 4. The number of nitrogens with two attached hydrogens (primary N) is 4. The predicted molar refractivity (Wildman–Crippen MR) is 107 cm³/mol. The van der Waals surface area contributed by atoms with Crippen LogP contribution in [0.4, 0.5) is 34.5 Å². The molecule has 13 heteroatoms. The van der Waals surface area contributed by atoms with E-state index in [9.17, 15) is 22.8 Å². The quantitative estimate of drug-likeness (QED) is 0.159. The standard InChI is InChI=1S/C18H23F3N8O2/c1-2-14-10(6-4-3-5-9-7-12(20)13(21)8-11(9)19)15(28(24)16(22)30)27-18(26-14)29(25)17(23)31/h7-8H,2-6,24-25H2,1H3,(H2,22,30)(H2,23,31). The lowest BCUT2D eigenvalue weighted by Gasteiger charge is -2.22. The highest BCUT2D eigenvalue weighted by molar-refractivity contribution is 5.90. The number of hydrazine groups is 2. The Kier molecular flexibility index (Phi) is 7.72. The zero-order valence-electron chi connectivity index (χ0n) is 16.7. The van der Waals surface area contributed by atoms with E-state index in [2.05, 4.69) is 9.97 Å². The molecule has 10 nitrogen and oxygen atoms in total. The molecule has 0 unspecified atom stereocenters. The first-order valence-corrected chi connectivity index (χ1v) is 9.28. The molecule has 0 fully saturated rings. The van der Waals surface area contributed by atoms with Gasteiger partial charge in [-0.15, -0.1) is 0 Å². The molecule has 4 amide bonds. The molecule has 0 atom stereocenters. The predicted octanol–water partition coefficient (Wildman–Crippen LogP) is 1.54. The van der Waals surface area contributed by atoms with Crippen LogP contribution < -0.4 is 33.2 Å². The number of amides is 4. The van der Waals surface area contributed by atoms with Gasteiger partial charge in [-0.1, -0.05) is 6.92 Å². The molecule has 31 heavy (non-hydrogen) atoms. The molecule has 2 aromatic rings. The summed E-state index contributed by atoms with van der Waals surface area (Å²) in [5, 5.41) is 1.08. The summed E-state index contributed by atoms with van der Waals surface area (Å²) < 4.78 is 40.2. The Hall–Kier alpha value is -3.45. The van der Waals surface area contributed by atoms with E-state index in [1.165, 1.54) is 0 Å². The summed E-state index contributed by atoms with van der Waals surface area (Å²) in [6, 6.07) is -0.725. The van der Waals surface area contributed by atoms with Gasteiger partial charge in [0.2, 0.25) is 0 Å². The summed E-state index contributed by atoms with van der Waals surface area (Å²) in [6.45, 7) is 1.77. The van der Waals surface area contributed by atoms with Gasteiger partial charge in [0.1, 0.15) is 5.82 Å². The van der Waals surface area contributed by atoms with Gasteiger partial charge in [0, 0.05) is 11.6 Å². The largest absolute Gasteiger partial charge is 0.350 e. The van der Waals surface area contributed by atoms with Crippen LogP contribution in [0.3, 0.4) is 0 Å². The van der Waals surface area contributed by atoms with Crippen LogP contribution in [0.25, 0.3) is 0 Å². The number of rotatable bonds is 8. The van der Waals surface area contributed by atoms with Crippen molar-refractivity contribution in [1.29, 1.82) is 0 Å². The van der Waals surface area contributed by atoms with Crippen molar-refractivity contribution in [2.45, 2.75) is 39.0 Å². The number of unbranched alkanes of at least 4 members (excludes halogenated alkanes) is 1. The van der Waals surface area contributed by atoms with E-state index in [0.29, 0.717) is 53.0 Å². The first-order chi connectivity index (χ1) is 14.6. The number of hydrogen-bond acceptors (Lipinski definition) is 6. The number of primary amides is 2. The van der Waals surface area contributed by atoms with Gasteiger partial charge >= 0.3 is 12.1 Å². The van der Waals surface area contributed by atoms with Gasteiger partial charge in [-0.25, -0.2) is 44.4 Å². The van der Waals surface area contributed by atoms with Gasteiger partial charge in [0.25, 0.3) is 5.95 Å². The minimum Gasteiger partial charge on any atom is -0.350 e. The average molecular weight is 440 g/mol. The van der Waals surface area contributed by atoms with Gasteiger partial charge in [-0.3, -0.25) is 0 Å². The summed E-state index contributed by atoms with van der Waals surface area (Å²) >= 11 is 0. The molecule has 0 spiro atoms. The second-order valence-electron chi connectivity index (χ2n) is 6.61. The maximum Gasteiger partial charge on any atom is 0.336 e. The maximum absolute atomic E-state index is 13.8. The molecule has 0 bridgehead atoms. The van der Waals surface area contributed by atoms with Crippen molar-refractivity contribution >= 4 is 23.8 Å². The summed E-state index contributed by atoms with van der Waals surface area (Å²) in [5.41, 5.74) is 11.3. The monoisotopic (exact) mass is 440 g/mol. The third-order valence-electron chi connectivity index (χ3n) is 4.52. The molecule has 0 aliphatic heterocycles. The molecule has 8 N–H and O–H groups in total. The molecule has 168 valence electrons. The third-order valence-corrected chi connectivity index (χ3v) is 4.52. The Morgan fingerprint density at radius 2 is 1.48 bits per heavy atom. The minimum absolute atomic E-state index is 0.0410. The smallest absolute Gasteiger partial charge is 0.336 e.